The molecule has 2 nitrogen and oxygen atoms in total. The summed E-state index contributed by atoms with van der Waals surface area (Å²) in [6.45, 7) is 3.24. The Labute approximate surface area is 49.5 Å². The molecule has 1 heterocycles. The smallest absolute Gasteiger partial charge is 0.0899 e. The van der Waals surface area contributed by atoms with Crippen molar-refractivity contribution < 1.29 is 9.84 Å². The van der Waals surface area contributed by atoms with Gasteiger partial charge in [-0.1, -0.05) is 6.92 Å². The van der Waals surface area contributed by atoms with Crippen LogP contribution in [0.25, 0.3) is 0 Å². The van der Waals surface area contributed by atoms with Crippen LogP contribution in [0.1, 0.15) is 19.8 Å². The summed E-state index contributed by atoms with van der Waals surface area (Å²) in [5.41, 5.74) is -0.486. The van der Waals surface area contributed by atoms with E-state index in [2.05, 4.69) is 0 Å². The quantitative estimate of drug-likeness (QED) is 0.542. The molecule has 0 amide bonds. The Morgan fingerprint density at radius 1 is 1.75 bits per heavy atom. The molecule has 0 bridgehead atoms. The number of hydrogen-bond donors (Lipinski definition) is 1. The van der Waals surface area contributed by atoms with Crippen molar-refractivity contribution in [3.63, 3.8) is 0 Å². The van der Waals surface area contributed by atoms with Crippen LogP contribution in [0.3, 0.4) is 0 Å². The maximum atomic E-state index is 9.38. The summed E-state index contributed by atoms with van der Waals surface area (Å²) in [4.78, 5) is 0. The first-order valence-electron chi connectivity index (χ1n) is 3.07. The number of ether oxygens (including phenoxy) is 1. The zero-order valence-electron chi connectivity index (χ0n) is 5.18. The Morgan fingerprint density at radius 2 is 2.50 bits per heavy atom. The predicted octanol–water partition coefficient (Wildman–Crippen LogP) is 0.548. The molecule has 1 unspecified atom stereocenters. The minimum atomic E-state index is -0.486. The van der Waals surface area contributed by atoms with Crippen LogP contribution in [-0.4, -0.2) is 23.9 Å². The molecule has 0 radical (unpaired) electrons. The largest absolute Gasteiger partial charge is 0.387 e. The highest BCUT2D eigenvalue weighted by atomic mass is 16.5. The van der Waals surface area contributed by atoms with Gasteiger partial charge in [0.2, 0.25) is 0 Å². The van der Waals surface area contributed by atoms with Gasteiger partial charge in [0, 0.05) is 13.0 Å². The van der Waals surface area contributed by atoms with E-state index in [0.717, 1.165) is 19.4 Å². The Hall–Kier alpha value is -0.0800. The van der Waals surface area contributed by atoms with E-state index in [1.54, 1.807) is 0 Å². The van der Waals surface area contributed by atoms with Crippen molar-refractivity contribution in [2.45, 2.75) is 25.4 Å². The van der Waals surface area contributed by atoms with Crippen molar-refractivity contribution >= 4 is 0 Å². The van der Waals surface area contributed by atoms with Gasteiger partial charge >= 0.3 is 0 Å². The average Bonchev–Trinajstić information content (AvgIpc) is 2.17. The summed E-state index contributed by atoms with van der Waals surface area (Å²) < 4.78 is 5.00. The van der Waals surface area contributed by atoms with E-state index in [4.69, 9.17) is 4.74 Å². The third-order valence-electron chi connectivity index (χ3n) is 1.74. The van der Waals surface area contributed by atoms with Crippen LogP contribution in [0.4, 0.5) is 0 Å². The fourth-order valence-corrected chi connectivity index (χ4v) is 0.875. The van der Waals surface area contributed by atoms with E-state index in [0.29, 0.717) is 6.61 Å². The molecule has 1 fully saturated rings. The highest BCUT2D eigenvalue weighted by molar-refractivity contribution is 4.80. The summed E-state index contributed by atoms with van der Waals surface area (Å²) in [6.07, 6.45) is 1.62. The molecule has 0 aromatic heterocycles. The minimum Gasteiger partial charge on any atom is -0.387 e. The van der Waals surface area contributed by atoms with Crippen molar-refractivity contribution in [2.24, 2.45) is 0 Å². The summed E-state index contributed by atoms with van der Waals surface area (Å²) in [5, 5.41) is 9.38. The van der Waals surface area contributed by atoms with Crippen molar-refractivity contribution in [3.05, 3.63) is 0 Å². The van der Waals surface area contributed by atoms with Gasteiger partial charge in [-0.3, -0.25) is 0 Å². The lowest BCUT2D eigenvalue weighted by atomic mass is 10.0. The highest BCUT2D eigenvalue weighted by Gasteiger charge is 2.29. The third-order valence-corrected chi connectivity index (χ3v) is 1.74. The van der Waals surface area contributed by atoms with Crippen LogP contribution in [0.2, 0.25) is 0 Å². The molecular weight excluding hydrogens is 104 g/mol. The van der Waals surface area contributed by atoms with E-state index in [-0.39, 0.29) is 0 Å². The summed E-state index contributed by atoms with van der Waals surface area (Å²) in [6, 6.07) is 0. The molecule has 1 aliphatic heterocycles. The molecule has 1 rings (SSSR count). The van der Waals surface area contributed by atoms with Gasteiger partial charge < -0.3 is 9.84 Å². The van der Waals surface area contributed by atoms with E-state index in [1.807, 2.05) is 6.92 Å². The second kappa shape index (κ2) is 2.03. The lowest BCUT2D eigenvalue weighted by Crippen LogP contribution is -2.26. The van der Waals surface area contributed by atoms with Crippen LogP contribution in [-0.2, 0) is 4.74 Å². The van der Waals surface area contributed by atoms with Crippen LogP contribution >= 0.6 is 0 Å². The van der Waals surface area contributed by atoms with Crippen molar-refractivity contribution in [1.82, 2.24) is 0 Å². The van der Waals surface area contributed by atoms with Gasteiger partial charge in [0.1, 0.15) is 0 Å². The Morgan fingerprint density at radius 3 is 2.75 bits per heavy atom. The molecule has 1 saturated heterocycles. The Kier molecular flexibility index (Phi) is 1.54. The molecule has 1 N–H and O–H groups in total. The lowest BCUT2D eigenvalue weighted by molar-refractivity contribution is 0.0235. The number of hydrogen-bond acceptors (Lipinski definition) is 2. The van der Waals surface area contributed by atoms with E-state index < -0.39 is 5.60 Å². The second-order valence-electron chi connectivity index (χ2n) is 2.38. The molecule has 1 aliphatic rings. The normalized spacial score (nSPS) is 38.2. The van der Waals surface area contributed by atoms with Crippen LogP contribution in [0.15, 0.2) is 0 Å². The topological polar surface area (TPSA) is 29.5 Å². The lowest BCUT2D eigenvalue weighted by Gasteiger charge is -2.16. The summed E-state index contributed by atoms with van der Waals surface area (Å²) in [5.74, 6) is 0. The van der Waals surface area contributed by atoms with Gasteiger partial charge in [-0.25, -0.2) is 0 Å². The van der Waals surface area contributed by atoms with Gasteiger partial charge in [0.05, 0.1) is 12.2 Å². The van der Waals surface area contributed by atoms with Crippen LogP contribution < -0.4 is 0 Å². The highest BCUT2D eigenvalue weighted by Crippen LogP contribution is 2.20. The number of aliphatic hydroxyl groups is 1. The zero-order valence-corrected chi connectivity index (χ0v) is 5.18. The molecule has 0 spiro atoms. The molecule has 0 aromatic carbocycles. The molecule has 0 aromatic rings. The fraction of sp³-hybridized carbons (Fsp3) is 1.00. The molecular formula is C6H12O2. The molecule has 1 atom stereocenters. The number of rotatable bonds is 1. The first-order valence-corrected chi connectivity index (χ1v) is 3.07. The Balaban J connectivity index is 2.40. The SMILES string of the molecule is CCC1(O)CCOC1. The predicted molar refractivity (Wildman–Crippen MR) is 30.7 cm³/mol. The van der Waals surface area contributed by atoms with E-state index in [1.165, 1.54) is 0 Å². The first-order chi connectivity index (χ1) is 3.77. The monoisotopic (exact) mass is 116 g/mol. The van der Waals surface area contributed by atoms with Gasteiger partial charge in [-0.2, -0.15) is 0 Å². The molecule has 0 aliphatic carbocycles. The molecule has 0 saturated carbocycles. The van der Waals surface area contributed by atoms with Gasteiger partial charge in [-0.05, 0) is 6.42 Å². The maximum absolute atomic E-state index is 9.38. The van der Waals surface area contributed by atoms with Crippen LogP contribution in [0.5, 0.6) is 0 Å². The van der Waals surface area contributed by atoms with Crippen molar-refractivity contribution in [1.29, 1.82) is 0 Å². The molecule has 48 valence electrons. The van der Waals surface area contributed by atoms with Crippen LogP contribution in [0, 0.1) is 0 Å². The minimum absolute atomic E-state index is 0.486. The first kappa shape index (κ1) is 6.05. The van der Waals surface area contributed by atoms with Gasteiger partial charge in [-0.15, -0.1) is 0 Å². The average molecular weight is 116 g/mol. The molecule has 2 heteroatoms. The standard InChI is InChI=1S/C6H12O2/c1-2-6(7)3-4-8-5-6/h7H,2-5H2,1H3. The van der Waals surface area contributed by atoms with E-state index in [9.17, 15) is 5.11 Å². The van der Waals surface area contributed by atoms with Crippen molar-refractivity contribution in [3.8, 4) is 0 Å². The summed E-state index contributed by atoms with van der Waals surface area (Å²) >= 11 is 0. The molecule has 8 heavy (non-hydrogen) atoms. The zero-order chi connectivity index (χ0) is 6.04. The fourth-order valence-electron chi connectivity index (χ4n) is 0.875. The van der Waals surface area contributed by atoms with E-state index >= 15 is 0 Å². The second-order valence-corrected chi connectivity index (χ2v) is 2.38. The van der Waals surface area contributed by atoms with Crippen molar-refractivity contribution in [2.75, 3.05) is 13.2 Å². The summed E-state index contributed by atoms with van der Waals surface area (Å²) in [7, 11) is 0. The van der Waals surface area contributed by atoms with Gasteiger partial charge in [0.15, 0.2) is 0 Å². The Bertz CT molecular complexity index is 74.6. The van der Waals surface area contributed by atoms with Gasteiger partial charge in [0.25, 0.3) is 0 Å². The third kappa shape index (κ3) is 1.01. The maximum Gasteiger partial charge on any atom is 0.0899 e.